The van der Waals surface area contributed by atoms with Gasteiger partial charge in [-0.2, -0.15) is 0 Å². The highest BCUT2D eigenvalue weighted by molar-refractivity contribution is 6.09. The van der Waals surface area contributed by atoms with E-state index in [2.05, 4.69) is 0 Å². The Labute approximate surface area is 200 Å². The standard InChI is InChI=1S/C28H31NO5/c1-6-34-28(31)25-17(3)29-21-13-19(18-11-12-23(32-4)24(15-18)33-5)14-22(30)27(21)26(25)20-10-8-7-9-16(20)2/h7-12,15,19,25-26H,6,13-14H2,1-5H3/t19-,25?,26+/m1/s1. The van der Waals surface area contributed by atoms with E-state index >= 15 is 0 Å². The van der Waals surface area contributed by atoms with E-state index in [1.807, 2.05) is 56.3 Å². The largest absolute Gasteiger partial charge is 0.493 e. The summed E-state index contributed by atoms with van der Waals surface area (Å²) < 4.78 is 16.2. The monoisotopic (exact) mass is 461 g/mol. The first-order chi connectivity index (χ1) is 16.4. The molecule has 2 aliphatic rings. The zero-order chi connectivity index (χ0) is 24.4. The summed E-state index contributed by atoms with van der Waals surface area (Å²) in [6.07, 6.45) is 0.965. The van der Waals surface area contributed by atoms with Crippen LogP contribution < -0.4 is 9.47 Å². The van der Waals surface area contributed by atoms with Gasteiger partial charge in [-0.25, -0.2) is 0 Å². The van der Waals surface area contributed by atoms with Gasteiger partial charge in [-0.05, 0) is 61.9 Å². The van der Waals surface area contributed by atoms with E-state index in [1.54, 1.807) is 21.1 Å². The molecule has 3 atom stereocenters. The van der Waals surface area contributed by atoms with Gasteiger partial charge in [0.1, 0.15) is 5.92 Å². The summed E-state index contributed by atoms with van der Waals surface area (Å²) in [5.41, 5.74) is 5.12. The van der Waals surface area contributed by atoms with Crippen molar-refractivity contribution in [3.8, 4) is 11.5 Å². The first-order valence-electron chi connectivity index (χ1n) is 11.6. The second-order valence-corrected chi connectivity index (χ2v) is 8.82. The molecule has 0 saturated heterocycles. The van der Waals surface area contributed by atoms with Crippen molar-refractivity contribution in [3.63, 3.8) is 0 Å². The van der Waals surface area contributed by atoms with Crippen LogP contribution in [0.2, 0.25) is 0 Å². The average Bonchev–Trinajstić information content (AvgIpc) is 2.83. The van der Waals surface area contributed by atoms with Crippen LogP contribution in [0.4, 0.5) is 0 Å². The van der Waals surface area contributed by atoms with E-state index < -0.39 is 11.8 Å². The smallest absolute Gasteiger partial charge is 0.315 e. The van der Waals surface area contributed by atoms with Crippen LogP contribution in [-0.2, 0) is 14.3 Å². The molecular formula is C28H31NO5. The summed E-state index contributed by atoms with van der Waals surface area (Å²) in [5.74, 6) is -0.0575. The first-order valence-corrected chi connectivity index (χ1v) is 11.6. The van der Waals surface area contributed by atoms with Gasteiger partial charge in [-0.3, -0.25) is 14.6 Å². The van der Waals surface area contributed by atoms with Gasteiger partial charge >= 0.3 is 5.97 Å². The predicted molar refractivity (Wildman–Crippen MR) is 131 cm³/mol. The minimum absolute atomic E-state index is 0.0276. The van der Waals surface area contributed by atoms with Crippen LogP contribution in [0.1, 0.15) is 55.2 Å². The molecule has 6 nitrogen and oxygen atoms in total. The summed E-state index contributed by atoms with van der Waals surface area (Å²) in [5, 5.41) is 0. The topological polar surface area (TPSA) is 74.2 Å². The van der Waals surface area contributed by atoms with Crippen LogP contribution in [0, 0.1) is 12.8 Å². The molecule has 2 aromatic carbocycles. The lowest BCUT2D eigenvalue weighted by Crippen LogP contribution is -2.38. The number of ether oxygens (including phenoxy) is 3. The van der Waals surface area contributed by atoms with E-state index in [1.165, 1.54) is 0 Å². The molecule has 2 aromatic rings. The van der Waals surface area contributed by atoms with Crippen molar-refractivity contribution < 1.29 is 23.8 Å². The molecule has 0 fully saturated rings. The number of ketones is 1. The Balaban J connectivity index is 1.79. The number of carbonyl (C=O) groups is 2. The minimum atomic E-state index is -0.610. The molecule has 1 heterocycles. The van der Waals surface area contributed by atoms with Crippen molar-refractivity contribution in [1.29, 1.82) is 0 Å². The highest BCUT2D eigenvalue weighted by Gasteiger charge is 2.45. The Kier molecular flexibility index (Phi) is 6.87. The lowest BCUT2D eigenvalue weighted by atomic mass is 9.68. The number of Topliss-reactive ketones (excluding diaryl/α,β-unsaturated/α-hetero) is 1. The quantitative estimate of drug-likeness (QED) is 0.556. The van der Waals surface area contributed by atoms with Crippen LogP contribution in [0.3, 0.4) is 0 Å². The Morgan fingerprint density at radius 1 is 1.03 bits per heavy atom. The van der Waals surface area contributed by atoms with Crippen LogP contribution in [0.5, 0.6) is 11.5 Å². The molecule has 1 aliphatic carbocycles. The third-order valence-electron chi connectivity index (χ3n) is 6.83. The van der Waals surface area contributed by atoms with Crippen molar-refractivity contribution in [2.45, 2.75) is 45.4 Å². The summed E-state index contributed by atoms with van der Waals surface area (Å²) in [7, 11) is 3.20. The van der Waals surface area contributed by atoms with Gasteiger partial charge in [0, 0.05) is 29.3 Å². The number of aliphatic imine (C=N–C) groups is 1. The molecule has 0 saturated carbocycles. The Hall–Kier alpha value is -3.41. The normalized spacial score (nSPS) is 22.1. The van der Waals surface area contributed by atoms with Crippen molar-refractivity contribution in [2.24, 2.45) is 10.9 Å². The van der Waals surface area contributed by atoms with Gasteiger partial charge in [-0.15, -0.1) is 0 Å². The third-order valence-corrected chi connectivity index (χ3v) is 6.83. The second-order valence-electron chi connectivity index (χ2n) is 8.82. The fourth-order valence-corrected chi connectivity index (χ4v) is 5.21. The SMILES string of the molecule is CCOC(=O)C1C(C)=NC2=C(C(=O)C[C@H](c3ccc(OC)c(OC)c3)C2)[C@H]1c1ccccc1C. The Morgan fingerprint density at radius 2 is 1.76 bits per heavy atom. The van der Waals surface area contributed by atoms with Crippen molar-refractivity contribution >= 4 is 17.5 Å². The molecule has 0 N–H and O–H groups in total. The molecule has 1 unspecified atom stereocenters. The molecule has 0 spiro atoms. The fraction of sp³-hybridized carbons (Fsp3) is 0.393. The number of aryl methyl sites for hydroxylation is 1. The van der Waals surface area contributed by atoms with Gasteiger partial charge < -0.3 is 14.2 Å². The predicted octanol–water partition coefficient (Wildman–Crippen LogP) is 5.15. The van der Waals surface area contributed by atoms with E-state index in [9.17, 15) is 9.59 Å². The van der Waals surface area contributed by atoms with Gasteiger partial charge in [0.2, 0.25) is 0 Å². The zero-order valence-corrected chi connectivity index (χ0v) is 20.4. The number of esters is 1. The van der Waals surface area contributed by atoms with E-state index in [0.717, 1.165) is 22.4 Å². The van der Waals surface area contributed by atoms with E-state index in [0.29, 0.717) is 35.6 Å². The first kappa shape index (κ1) is 23.7. The minimum Gasteiger partial charge on any atom is -0.493 e. The maximum atomic E-state index is 13.7. The summed E-state index contributed by atoms with van der Waals surface area (Å²) in [6.45, 7) is 5.95. The summed E-state index contributed by atoms with van der Waals surface area (Å²) in [6, 6.07) is 13.7. The Bertz CT molecular complexity index is 1180. The molecule has 0 aromatic heterocycles. The highest BCUT2D eigenvalue weighted by atomic mass is 16.5. The van der Waals surface area contributed by atoms with Crippen molar-refractivity contribution in [2.75, 3.05) is 20.8 Å². The lowest BCUT2D eigenvalue weighted by molar-refractivity contribution is -0.146. The number of benzene rings is 2. The number of carbonyl (C=O) groups excluding carboxylic acids is 2. The van der Waals surface area contributed by atoms with Crippen molar-refractivity contribution in [3.05, 3.63) is 70.4 Å². The van der Waals surface area contributed by atoms with Gasteiger partial charge in [-0.1, -0.05) is 30.3 Å². The molecule has 178 valence electrons. The highest BCUT2D eigenvalue weighted by Crippen LogP contribution is 2.48. The van der Waals surface area contributed by atoms with Gasteiger partial charge in [0.05, 0.1) is 20.8 Å². The lowest BCUT2D eigenvalue weighted by Gasteiger charge is -2.37. The zero-order valence-electron chi connectivity index (χ0n) is 20.4. The van der Waals surface area contributed by atoms with Gasteiger partial charge in [0.25, 0.3) is 0 Å². The number of rotatable bonds is 6. The van der Waals surface area contributed by atoms with E-state index in [4.69, 9.17) is 19.2 Å². The van der Waals surface area contributed by atoms with Gasteiger partial charge in [0.15, 0.2) is 17.3 Å². The number of allylic oxidation sites excluding steroid dienone is 2. The van der Waals surface area contributed by atoms with Crippen LogP contribution >= 0.6 is 0 Å². The molecule has 6 heteroatoms. The van der Waals surface area contributed by atoms with Crippen LogP contribution in [0.15, 0.2) is 58.7 Å². The molecule has 34 heavy (non-hydrogen) atoms. The molecule has 1 aliphatic heterocycles. The Morgan fingerprint density at radius 3 is 2.44 bits per heavy atom. The second kappa shape index (κ2) is 9.84. The molecule has 0 radical (unpaired) electrons. The molecule has 0 bridgehead atoms. The number of hydrogen-bond acceptors (Lipinski definition) is 6. The maximum Gasteiger partial charge on any atom is 0.315 e. The molecule has 0 amide bonds. The average molecular weight is 462 g/mol. The van der Waals surface area contributed by atoms with Crippen molar-refractivity contribution in [1.82, 2.24) is 0 Å². The third kappa shape index (κ3) is 4.25. The number of hydrogen-bond donors (Lipinski definition) is 0. The number of methoxy groups -OCH3 is 2. The van der Waals surface area contributed by atoms with Crippen LogP contribution in [-0.4, -0.2) is 38.3 Å². The maximum absolute atomic E-state index is 13.7. The summed E-state index contributed by atoms with van der Waals surface area (Å²) in [4.78, 5) is 31.5. The van der Waals surface area contributed by atoms with E-state index in [-0.39, 0.29) is 24.3 Å². The van der Waals surface area contributed by atoms with Crippen LogP contribution in [0.25, 0.3) is 0 Å². The molecule has 4 rings (SSSR count). The fourth-order valence-electron chi connectivity index (χ4n) is 5.21. The summed E-state index contributed by atoms with van der Waals surface area (Å²) >= 11 is 0. The molecular weight excluding hydrogens is 430 g/mol. The number of nitrogens with zero attached hydrogens (tertiary/aromatic N) is 1.